The Balaban J connectivity index is 1.84. The minimum Gasteiger partial charge on any atom is -0.360 e. The fourth-order valence-electron chi connectivity index (χ4n) is 3.65. The zero-order valence-corrected chi connectivity index (χ0v) is 17.9. The van der Waals surface area contributed by atoms with Gasteiger partial charge in [-0.3, -0.25) is 4.79 Å². The number of para-hydroxylation sites is 1. The largest absolute Gasteiger partial charge is 0.360 e. The molecule has 4 aromatic rings. The van der Waals surface area contributed by atoms with Crippen LogP contribution in [0.3, 0.4) is 0 Å². The fraction of sp³-hybridized carbons (Fsp3) is 0.167. The van der Waals surface area contributed by atoms with E-state index in [2.05, 4.69) is 27.9 Å². The highest BCUT2D eigenvalue weighted by Gasteiger charge is 2.28. The summed E-state index contributed by atoms with van der Waals surface area (Å²) in [4.78, 5) is 35.5. The van der Waals surface area contributed by atoms with E-state index < -0.39 is 10.9 Å². The molecule has 154 valence electrons. The van der Waals surface area contributed by atoms with Crippen LogP contribution in [0.15, 0.2) is 64.5 Å². The molecule has 1 atom stereocenters. The Bertz CT molecular complexity index is 1370. The van der Waals surface area contributed by atoms with Gasteiger partial charge < -0.3 is 9.97 Å². The molecule has 2 N–H and O–H groups in total. The van der Waals surface area contributed by atoms with Gasteiger partial charge in [-0.1, -0.05) is 67.2 Å². The number of fused-ring (bicyclic) bond motifs is 1. The first-order chi connectivity index (χ1) is 15.0. The van der Waals surface area contributed by atoms with E-state index in [9.17, 15) is 14.9 Å². The van der Waals surface area contributed by atoms with Gasteiger partial charge in [-0.05, 0) is 24.5 Å². The minimum atomic E-state index is -0.661. The standard InChI is InChI=1S/C24H20N4O2S/c1-3-15-10-7-11-17-19(13-26-20(15)17)21(29)22(16-8-5-4-6-9-16)31-23-18(12-25)14(2)27-24(30)28-23/h4-11,13,22,26H,3H2,1-2H3,(H,27,28,30)/t22-/m1/s1. The lowest BCUT2D eigenvalue weighted by Gasteiger charge is -2.16. The number of aromatic amines is 2. The summed E-state index contributed by atoms with van der Waals surface area (Å²) in [5.41, 5.74) is 3.60. The lowest BCUT2D eigenvalue weighted by molar-refractivity contribution is 0.0991. The quantitative estimate of drug-likeness (QED) is 0.263. The molecule has 6 nitrogen and oxygen atoms in total. The predicted molar refractivity (Wildman–Crippen MR) is 121 cm³/mol. The first kappa shape index (κ1) is 20.6. The molecule has 0 spiro atoms. The molecule has 2 aromatic heterocycles. The van der Waals surface area contributed by atoms with E-state index >= 15 is 0 Å². The molecule has 0 aliphatic heterocycles. The van der Waals surface area contributed by atoms with Crippen molar-refractivity contribution in [2.24, 2.45) is 0 Å². The van der Waals surface area contributed by atoms with Gasteiger partial charge in [0.15, 0.2) is 5.78 Å². The van der Waals surface area contributed by atoms with Crippen molar-refractivity contribution in [3.63, 3.8) is 0 Å². The Morgan fingerprint density at radius 1 is 1.19 bits per heavy atom. The molecule has 0 radical (unpaired) electrons. The summed E-state index contributed by atoms with van der Waals surface area (Å²) in [5.74, 6) is -0.112. The molecular formula is C24H20N4O2S. The molecule has 0 fully saturated rings. The highest BCUT2D eigenvalue weighted by molar-refractivity contribution is 8.00. The summed E-state index contributed by atoms with van der Waals surface area (Å²) < 4.78 is 0. The minimum absolute atomic E-state index is 0.112. The molecule has 0 aliphatic carbocycles. The SMILES string of the molecule is CCc1cccc2c(C(=O)[C@H](Sc3nc(=O)[nH]c(C)c3C#N)c3ccccc3)c[nH]c12. The molecule has 31 heavy (non-hydrogen) atoms. The number of Topliss-reactive ketones (excluding diaryl/α,β-unsaturated/α-hetero) is 1. The van der Waals surface area contributed by atoms with Crippen molar-refractivity contribution in [1.29, 1.82) is 5.26 Å². The summed E-state index contributed by atoms with van der Waals surface area (Å²) in [6, 6.07) is 17.4. The van der Waals surface area contributed by atoms with Gasteiger partial charge in [-0.25, -0.2) is 4.79 Å². The molecule has 4 rings (SSSR count). The zero-order valence-electron chi connectivity index (χ0n) is 17.1. The summed E-state index contributed by atoms with van der Waals surface area (Å²) in [7, 11) is 0. The van der Waals surface area contributed by atoms with Gasteiger partial charge in [-0.2, -0.15) is 10.2 Å². The number of carbonyl (C=O) groups is 1. The summed E-state index contributed by atoms with van der Waals surface area (Å²) in [5, 5.41) is 10.0. The van der Waals surface area contributed by atoms with Crippen LogP contribution in [0.4, 0.5) is 0 Å². The highest BCUT2D eigenvalue weighted by atomic mass is 32.2. The number of hydrogen-bond acceptors (Lipinski definition) is 5. The van der Waals surface area contributed by atoms with Gasteiger partial charge >= 0.3 is 5.69 Å². The normalized spacial score (nSPS) is 11.9. The first-order valence-electron chi connectivity index (χ1n) is 9.89. The van der Waals surface area contributed by atoms with Crippen LogP contribution in [-0.4, -0.2) is 20.7 Å². The Labute approximate surface area is 183 Å². The molecular weight excluding hydrogens is 408 g/mol. The van der Waals surface area contributed by atoms with Crippen LogP contribution < -0.4 is 5.69 Å². The fourth-order valence-corrected chi connectivity index (χ4v) is 4.85. The van der Waals surface area contributed by atoms with E-state index in [0.29, 0.717) is 11.3 Å². The van der Waals surface area contributed by atoms with E-state index in [1.54, 1.807) is 13.1 Å². The van der Waals surface area contributed by atoms with Crippen molar-refractivity contribution < 1.29 is 4.79 Å². The Kier molecular flexibility index (Phi) is 5.74. The maximum atomic E-state index is 13.8. The lowest BCUT2D eigenvalue weighted by atomic mass is 10.0. The average molecular weight is 429 g/mol. The van der Waals surface area contributed by atoms with Gasteiger partial charge in [0.25, 0.3) is 0 Å². The maximum absolute atomic E-state index is 13.8. The number of aryl methyl sites for hydroxylation is 2. The number of nitrogens with one attached hydrogen (secondary N) is 2. The lowest BCUT2D eigenvalue weighted by Crippen LogP contribution is -2.16. The topological polar surface area (TPSA) is 102 Å². The second kappa shape index (κ2) is 8.62. The van der Waals surface area contributed by atoms with Crippen molar-refractivity contribution in [3.8, 4) is 6.07 Å². The van der Waals surface area contributed by atoms with Crippen LogP contribution in [0.2, 0.25) is 0 Å². The van der Waals surface area contributed by atoms with Gasteiger partial charge in [-0.15, -0.1) is 0 Å². The number of thioether (sulfide) groups is 1. The van der Waals surface area contributed by atoms with Gasteiger partial charge in [0.1, 0.15) is 16.7 Å². The zero-order chi connectivity index (χ0) is 22.0. The van der Waals surface area contributed by atoms with Crippen molar-refractivity contribution in [2.75, 3.05) is 0 Å². The van der Waals surface area contributed by atoms with Crippen LogP contribution in [0.5, 0.6) is 0 Å². The number of rotatable bonds is 6. The van der Waals surface area contributed by atoms with Crippen LogP contribution in [0.25, 0.3) is 10.9 Å². The number of carbonyl (C=O) groups excluding carboxylic acids is 1. The van der Waals surface area contributed by atoms with Gasteiger partial charge in [0.05, 0.1) is 5.25 Å². The third kappa shape index (κ3) is 3.90. The number of aromatic nitrogens is 3. The summed E-state index contributed by atoms with van der Waals surface area (Å²) in [6.45, 7) is 3.72. The van der Waals surface area contributed by atoms with E-state index in [4.69, 9.17) is 0 Å². The monoisotopic (exact) mass is 428 g/mol. The maximum Gasteiger partial charge on any atom is 0.346 e. The van der Waals surface area contributed by atoms with E-state index in [1.807, 2.05) is 48.5 Å². The number of nitrogens with zero attached hydrogens (tertiary/aromatic N) is 2. The smallest absolute Gasteiger partial charge is 0.346 e. The highest BCUT2D eigenvalue weighted by Crippen LogP contribution is 2.39. The molecule has 2 heterocycles. The van der Waals surface area contributed by atoms with Crippen LogP contribution in [0.1, 0.15) is 44.9 Å². The number of nitriles is 1. The third-order valence-corrected chi connectivity index (χ3v) is 6.46. The number of benzene rings is 2. The summed E-state index contributed by atoms with van der Waals surface area (Å²) >= 11 is 1.13. The molecule has 0 saturated heterocycles. The summed E-state index contributed by atoms with van der Waals surface area (Å²) in [6.07, 6.45) is 2.59. The van der Waals surface area contributed by atoms with Crippen LogP contribution >= 0.6 is 11.8 Å². The molecule has 0 bridgehead atoms. The predicted octanol–water partition coefficient (Wildman–Crippen LogP) is 4.71. The Morgan fingerprint density at radius 3 is 2.68 bits per heavy atom. The number of hydrogen-bond donors (Lipinski definition) is 2. The van der Waals surface area contributed by atoms with Crippen LogP contribution in [-0.2, 0) is 6.42 Å². The number of H-pyrrole nitrogens is 2. The third-order valence-electron chi connectivity index (χ3n) is 5.22. The first-order valence-corrected chi connectivity index (χ1v) is 10.8. The van der Waals surface area contributed by atoms with Crippen LogP contribution in [0, 0.1) is 18.3 Å². The number of ketones is 1. The molecule has 0 amide bonds. The van der Waals surface area contributed by atoms with Gasteiger partial charge in [0.2, 0.25) is 0 Å². The average Bonchev–Trinajstić information content (AvgIpc) is 3.21. The van der Waals surface area contributed by atoms with Gasteiger partial charge in [0, 0.05) is 28.4 Å². The Hall–Kier alpha value is -3.63. The van der Waals surface area contributed by atoms with Crippen molar-refractivity contribution >= 4 is 28.4 Å². The second-order valence-corrected chi connectivity index (χ2v) is 8.22. The molecule has 7 heteroatoms. The van der Waals surface area contributed by atoms with Crippen molar-refractivity contribution in [2.45, 2.75) is 30.5 Å². The van der Waals surface area contributed by atoms with E-state index in [1.165, 1.54) is 0 Å². The van der Waals surface area contributed by atoms with Crippen molar-refractivity contribution in [1.82, 2.24) is 15.0 Å². The molecule has 0 saturated carbocycles. The molecule has 2 aromatic carbocycles. The van der Waals surface area contributed by atoms with E-state index in [-0.39, 0.29) is 16.4 Å². The van der Waals surface area contributed by atoms with E-state index in [0.717, 1.165) is 40.2 Å². The second-order valence-electron chi connectivity index (χ2n) is 7.13. The Morgan fingerprint density at radius 2 is 1.97 bits per heavy atom. The van der Waals surface area contributed by atoms with Crippen molar-refractivity contribution in [3.05, 3.63) is 93.2 Å². The molecule has 0 unspecified atom stereocenters. The molecule has 0 aliphatic rings.